The van der Waals surface area contributed by atoms with Gasteiger partial charge in [0.05, 0.1) is 10.9 Å². The van der Waals surface area contributed by atoms with Crippen LogP contribution in [-0.2, 0) is 0 Å². The second-order valence-electron chi connectivity index (χ2n) is 4.96. The van der Waals surface area contributed by atoms with E-state index in [2.05, 4.69) is 43.0 Å². The highest BCUT2D eigenvalue weighted by atomic mass is 79.9. The number of benzene rings is 1. The fourth-order valence-corrected chi connectivity index (χ4v) is 3.78. The van der Waals surface area contributed by atoms with E-state index in [1.54, 1.807) is 11.3 Å². The summed E-state index contributed by atoms with van der Waals surface area (Å²) in [5.74, 6) is 0.961. The summed E-state index contributed by atoms with van der Waals surface area (Å²) in [4.78, 5) is 5.67. The van der Waals surface area contributed by atoms with Gasteiger partial charge in [0.1, 0.15) is 0 Å². The Morgan fingerprint density at radius 3 is 2.71 bits per heavy atom. The molecule has 0 aliphatic rings. The van der Waals surface area contributed by atoms with Crippen LogP contribution < -0.4 is 5.73 Å². The maximum atomic E-state index is 6.29. The lowest BCUT2D eigenvalue weighted by molar-refractivity contribution is 0.499. The Bertz CT molecular complexity index is 719. The molecule has 0 saturated carbocycles. The van der Waals surface area contributed by atoms with Crippen LogP contribution in [0.5, 0.6) is 0 Å². The van der Waals surface area contributed by atoms with Crippen LogP contribution in [0.25, 0.3) is 10.7 Å². The van der Waals surface area contributed by atoms with Crippen LogP contribution in [0.1, 0.15) is 18.5 Å². The van der Waals surface area contributed by atoms with Gasteiger partial charge in [-0.15, -0.1) is 11.3 Å². The van der Waals surface area contributed by atoms with Gasteiger partial charge in [-0.3, -0.25) is 0 Å². The monoisotopic (exact) mass is 361 g/mol. The summed E-state index contributed by atoms with van der Waals surface area (Å²) in [6.07, 6.45) is 3.84. The summed E-state index contributed by atoms with van der Waals surface area (Å²) >= 11 is 5.32. The minimum Gasteiger partial charge on any atom is -0.326 e. The molecule has 0 radical (unpaired) electrons. The summed E-state index contributed by atoms with van der Waals surface area (Å²) in [5.41, 5.74) is 7.45. The van der Waals surface area contributed by atoms with E-state index >= 15 is 0 Å². The molecule has 0 fully saturated rings. The molecular formula is C16H16BrN3S. The first-order valence-electron chi connectivity index (χ1n) is 6.75. The normalized spacial score (nSPS) is 14.0. The minimum absolute atomic E-state index is 0.0309. The molecule has 21 heavy (non-hydrogen) atoms. The molecule has 3 nitrogen and oxygen atoms in total. The summed E-state index contributed by atoms with van der Waals surface area (Å²) < 4.78 is 3.23. The smallest absolute Gasteiger partial charge is 0.150 e. The third kappa shape index (κ3) is 2.81. The van der Waals surface area contributed by atoms with E-state index in [1.807, 2.05) is 43.6 Å². The van der Waals surface area contributed by atoms with Crippen molar-refractivity contribution in [1.29, 1.82) is 0 Å². The molecule has 0 aliphatic carbocycles. The van der Waals surface area contributed by atoms with E-state index in [0.717, 1.165) is 15.2 Å². The Hall–Kier alpha value is -1.43. The molecule has 0 bridgehead atoms. The molecule has 2 N–H and O–H groups in total. The Labute approximate surface area is 136 Å². The molecule has 0 saturated heterocycles. The van der Waals surface area contributed by atoms with Gasteiger partial charge < -0.3 is 10.3 Å². The zero-order chi connectivity index (χ0) is 14.8. The lowest BCUT2D eigenvalue weighted by Gasteiger charge is -2.25. The van der Waals surface area contributed by atoms with E-state index in [1.165, 1.54) is 5.56 Å². The van der Waals surface area contributed by atoms with Crippen molar-refractivity contribution in [2.45, 2.75) is 19.0 Å². The fourth-order valence-electron chi connectivity index (χ4n) is 2.54. The third-order valence-electron chi connectivity index (χ3n) is 3.43. The van der Waals surface area contributed by atoms with Crippen LogP contribution in [0.2, 0.25) is 0 Å². The van der Waals surface area contributed by atoms with Crippen molar-refractivity contribution in [3.8, 4) is 10.7 Å². The molecular weight excluding hydrogens is 346 g/mol. The van der Waals surface area contributed by atoms with Gasteiger partial charge in [0.25, 0.3) is 0 Å². The molecule has 2 unspecified atom stereocenters. The van der Waals surface area contributed by atoms with E-state index in [4.69, 9.17) is 5.73 Å². The molecule has 2 aromatic heterocycles. The average molecular weight is 362 g/mol. The maximum Gasteiger partial charge on any atom is 0.150 e. The maximum absolute atomic E-state index is 6.29. The number of hydrogen-bond acceptors (Lipinski definition) is 3. The van der Waals surface area contributed by atoms with Crippen LogP contribution in [-0.4, -0.2) is 15.6 Å². The van der Waals surface area contributed by atoms with E-state index in [9.17, 15) is 0 Å². The number of nitrogens with zero attached hydrogens (tertiary/aromatic N) is 2. The number of rotatable bonds is 4. The highest BCUT2D eigenvalue weighted by Crippen LogP contribution is 2.33. The number of aromatic nitrogens is 2. The Morgan fingerprint density at radius 2 is 2.05 bits per heavy atom. The van der Waals surface area contributed by atoms with Crippen molar-refractivity contribution < 1.29 is 0 Å². The van der Waals surface area contributed by atoms with Crippen LogP contribution in [0.3, 0.4) is 0 Å². The third-order valence-corrected chi connectivity index (χ3v) is 5.02. The number of imidazole rings is 1. The molecule has 108 valence electrons. The van der Waals surface area contributed by atoms with Crippen molar-refractivity contribution in [2.24, 2.45) is 5.73 Å². The molecule has 0 amide bonds. The first kappa shape index (κ1) is 14.5. The number of hydrogen-bond donors (Lipinski definition) is 1. The van der Waals surface area contributed by atoms with E-state index in [-0.39, 0.29) is 12.1 Å². The average Bonchev–Trinajstić information content (AvgIpc) is 3.11. The molecule has 3 rings (SSSR count). The molecule has 3 aromatic rings. The Morgan fingerprint density at radius 1 is 1.24 bits per heavy atom. The van der Waals surface area contributed by atoms with E-state index < -0.39 is 0 Å². The van der Waals surface area contributed by atoms with Crippen molar-refractivity contribution in [3.05, 3.63) is 64.2 Å². The lowest BCUT2D eigenvalue weighted by atomic mass is 10.0. The van der Waals surface area contributed by atoms with Gasteiger partial charge in [-0.05, 0) is 30.0 Å². The van der Waals surface area contributed by atoms with Crippen LogP contribution >= 0.6 is 27.3 Å². The highest BCUT2D eigenvalue weighted by Gasteiger charge is 2.23. The summed E-state index contributed by atoms with van der Waals surface area (Å²) in [7, 11) is 0. The van der Waals surface area contributed by atoms with Gasteiger partial charge in [-0.25, -0.2) is 4.98 Å². The predicted octanol–water partition coefficient (Wildman–Crippen LogP) is 4.31. The second-order valence-corrected chi connectivity index (χ2v) is 6.76. The largest absolute Gasteiger partial charge is 0.326 e. The van der Waals surface area contributed by atoms with Gasteiger partial charge >= 0.3 is 0 Å². The molecule has 1 aromatic carbocycles. The minimum atomic E-state index is -0.0309. The first-order chi connectivity index (χ1) is 10.2. The zero-order valence-electron chi connectivity index (χ0n) is 11.6. The molecule has 0 spiro atoms. The van der Waals surface area contributed by atoms with Gasteiger partial charge in [0, 0.05) is 22.9 Å². The second kappa shape index (κ2) is 6.13. The van der Waals surface area contributed by atoms with Gasteiger partial charge in [0.15, 0.2) is 5.82 Å². The SMILES string of the molecule is CC(N)C(c1ccccc1Br)n1ccnc1-c1cccs1. The van der Waals surface area contributed by atoms with Crippen molar-refractivity contribution >= 4 is 27.3 Å². The molecule has 2 heterocycles. The Balaban J connectivity index is 2.12. The molecule has 0 aliphatic heterocycles. The first-order valence-corrected chi connectivity index (χ1v) is 8.42. The van der Waals surface area contributed by atoms with Crippen molar-refractivity contribution in [2.75, 3.05) is 0 Å². The number of thiophene rings is 1. The quantitative estimate of drug-likeness (QED) is 0.752. The fraction of sp³-hybridized carbons (Fsp3) is 0.188. The predicted molar refractivity (Wildman–Crippen MR) is 91.5 cm³/mol. The summed E-state index contributed by atoms with van der Waals surface area (Å²) in [5, 5.41) is 2.06. The molecule has 5 heteroatoms. The van der Waals surface area contributed by atoms with Gasteiger partial charge in [0.2, 0.25) is 0 Å². The summed E-state index contributed by atoms with van der Waals surface area (Å²) in [6.45, 7) is 2.03. The number of nitrogens with two attached hydrogens (primary N) is 1. The lowest BCUT2D eigenvalue weighted by Crippen LogP contribution is -2.30. The van der Waals surface area contributed by atoms with Crippen LogP contribution in [0, 0.1) is 0 Å². The van der Waals surface area contributed by atoms with Crippen molar-refractivity contribution in [1.82, 2.24) is 9.55 Å². The standard InChI is InChI=1S/C16H16BrN3S/c1-11(18)15(12-5-2-3-6-13(12)17)20-9-8-19-16(20)14-7-4-10-21-14/h2-11,15H,18H2,1H3. The highest BCUT2D eigenvalue weighted by molar-refractivity contribution is 9.10. The van der Waals surface area contributed by atoms with Crippen LogP contribution in [0.15, 0.2) is 58.6 Å². The van der Waals surface area contributed by atoms with E-state index in [0.29, 0.717) is 0 Å². The Kier molecular flexibility index (Phi) is 4.24. The van der Waals surface area contributed by atoms with Gasteiger partial charge in [-0.1, -0.05) is 40.2 Å². The van der Waals surface area contributed by atoms with Gasteiger partial charge in [-0.2, -0.15) is 0 Å². The zero-order valence-corrected chi connectivity index (χ0v) is 14.0. The molecule has 2 atom stereocenters. The number of halogens is 1. The van der Waals surface area contributed by atoms with Crippen molar-refractivity contribution in [3.63, 3.8) is 0 Å². The summed E-state index contributed by atoms with van der Waals surface area (Å²) in [6, 6.07) is 12.3. The topological polar surface area (TPSA) is 43.8 Å². The van der Waals surface area contributed by atoms with Crippen LogP contribution in [0.4, 0.5) is 0 Å².